The number of benzene rings is 2. The van der Waals surface area contributed by atoms with Crippen LogP contribution in [0.5, 0.6) is 0 Å². The maximum absolute atomic E-state index is 13.2. The van der Waals surface area contributed by atoms with Crippen LogP contribution >= 0.6 is 0 Å². The lowest BCUT2D eigenvalue weighted by molar-refractivity contribution is -0.117. The molecule has 8 nitrogen and oxygen atoms in total. The highest BCUT2D eigenvalue weighted by molar-refractivity contribution is 7.89. The van der Waals surface area contributed by atoms with Gasteiger partial charge in [-0.1, -0.05) is 30.3 Å². The SMILES string of the molecule is Cc1ncc(S(=O)(=O)N2CCC(c3c[nH]c4c(CC(N)=O)cc(-c5ccccc5)cc34)CC2)n1C. The summed E-state index contributed by atoms with van der Waals surface area (Å²) in [7, 11) is -1.87. The molecule has 1 aliphatic rings. The Morgan fingerprint density at radius 1 is 1.14 bits per heavy atom. The minimum Gasteiger partial charge on any atom is -0.369 e. The molecule has 0 radical (unpaired) electrons. The number of H-pyrrole nitrogens is 1. The summed E-state index contributed by atoms with van der Waals surface area (Å²) >= 11 is 0. The van der Waals surface area contributed by atoms with Gasteiger partial charge >= 0.3 is 0 Å². The first-order chi connectivity index (χ1) is 16.8. The molecule has 0 bridgehead atoms. The van der Waals surface area contributed by atoms with E-state index in [1.165, 1.54) is 6.20 Å². The largest absolute Gasteiger partial charge is 0.369 e. The third-order valence-electron chi connectivity index (χ3n) is 7.05. The van der Waals surface area contributed by atoms with E-state index in [-0.39, 0.29) is 23.3 Å². The van der Waals surface area contributed by atoms with Gasteiger partial charge in [0.1, 0.15) is 5.82 Å². The lowest BCUT2D eigenvalue weighted by atomic mass is 9.88. The molecule has 0 atom stereocenters. The molecule has 1 amide bonds. The minimum atomic E-state index is -3.59. The first-order valence-corrected chi connectivity index (χ1v) is 13.2. The number of carbonyl (C=O) groups is 1. The van der Waals surface area contributed by atoms with E-state index < -0.39 is 10.0 Å². The second-order valence-corrected chi connectivity index (χ2v) is 11.1. The lowest BCUT2D eigenvalue weighted by Crippen LogP contribution is -2.38. The normalized spacial score (nSPS) is 15.6. The number of fused-ring (bicyclic) bond motifs is 1. The number of nitrogens with one attached hydrogen (secondary N) is 1. The van der Waals surface area contributed by atoms with Crippen LogP contribution in [0.3, 0.4) is 0 Å². The van der Waals surface area contributed by atoms with Gasteiger partial charge in [0, 0.05) is 37.2 Å². The van der Waals surface area contributed by atoms with E-state index >= 15 is 0 Å². The standard InChI is InChI=1S/C26H29N5O3S/c1-17-28-16-25(30(17)2)35(33,34)31-10-8-19(9-11-31)23-15-29-26-21(14-24(27)32)12-20(13-22(23)26)18-6-4-3-5-7-18/h3-7,12-13,15-16,19,29H,8-11,14H2,1-2H3,(H2,27,32). The van der Waals surface area contributed by atoms with Crippen molar-refractivity contribution in [2.24, 2.45) is 12.8 Å². The summed E-state index contributed by atoms with van der Waals surface area (Å²) in [5.41, 5.74) is 10.6. The second kappa shape index (κ2) is 8.98. The van der Waals surface area contributed by atoms with E-state index in [0.29, 0.717) is 31.8 Å². The first kappa shape index (κ1) is 23.3. The Morgan fingerprint density at radius 2 is 1.86 bits per heavy atom. The van der Waals surface area contributed by atoms with E-state index in [4.69, 9.17) is 5.73 Å². The van der Waals surface area contributed by atoms with Gasteiger partial charge in [-0.2, -0.15) is 4.31 Å². The number of hydrogen-bond donors (Lipinski definition) is 2. The van der Waals surface area contributed by atoms with Gasteiger partial charge in [-0.25, -0.2) is 13.4 Å². The van der Waals surface area contributed by atoms with Gasteiger partial charge in [0.05, 0.1) is 12.6 Å². The number of carbonyl (C=O) groups excluding carboxylic acids is 1. The summed E-state index contributed by atoms with van der Waals surface area (Å²) in [6.45, 7) is 2.67. The zero-order valence-corrected chi connectivity index (χ0v) is 20.7. The highest BCUT2D eigenvalue weighted by Gasteiger charge is 2.33. The Hall–Kier alpha value is -3.43. The number of imidazole rings is 1. The van der Waals surface area contributed by atoms with E-state index in [1.54, 1.807) is 22.8 Å². The predicted octanol–water partition coefficient (Wildman–Crippen LogP) is 3.47. The summed E-state index contributed by atoms with van der Waals surface area (Å²) in [4.78, 5) is 19.3. The first-order valence-electron chi connectivity index (χ1n) is 11.7. The van der Waals surface area contributed by atoms with E-state index in [0.717, 1.165) is 33.2 Å². The zero-order valence-electron chi connectivity index (χ0n) is 19.9. The Kier molecular flexibility index (Phi) is 5.98. The van der Waals surface area contributed by atoms with Crippen LogP contribution in [-0.2, 0) is 28.3 Å². The smallest absolute Gasteiger partial charge is 0.260 e. The molecule has 1 aliphatic heterocycles. The number of hydrogen-bond acceptors (Lipinski definition) is 4. The van der Waals surface area contributed by atoms with Crippen molar-refractivity contribution in [3.8, 4) is 11.1 Å². The molecule has 0 unspecified atom stereocenters. The van der Waals surface area contributed by atoms with Crippen molar-refractivity contribution < 1.29 is 13.2 Å². The summed E-state index contributed by atoms with van der Waals surface area (Å²) in [6.07, 6.45) is 5.01. The molecule has 1 fully saturated rings. The Morgan fingerprint density at radius 3 is 2.49 bits per heavy atom. The third-order valence-corrected chi connectivity index (χ3v) is 9.00. The topological polar surface area (TPSA) is 114 Å². The fourth-order valence-corrected chi connectivity index (χ4v) is 6.67. The summed E-state index contributed by atoms with van der Waals surface area (Å²) < 4.78 is 29.6. The molecule has 182 valence electrons. The molecule has 2 aromatic carbocycles. The highest BCUT2D eigenvalue weighted by atomic mass is 32.2. The molecule has 2 aromatic heterocycles. The number of aromatic nitrogens is 3. The monoisotopic (exact) mass is 491 g/mol. The number of nitrogens with zero attached hydrogens (tertiary/aromatic N) is 3. The van der Waals surface area contributed by atoms with Crippen molar-refractivity contribution in [2.45, 2.75) is 37.1 Å². The average molecular weight is 492 g/mol. The van der Waals surface area contributed by atoms with Gasteiger partial charge < -0.3 is 15.3 Å². The van der Waals surface area contributed by atoms with Crippen molar-refractivity contribution in [3.05, 3.63) is 71.8 Å². The van der Waals surface area contributed by atoms with Crippen LogP contribution in [0, 0.1) is 6.92 Å². The van der Waals surface area contributed by atoms with Crippen LogP contribution in [0.25, 0.3) is 22.0 Å². The van der Waals surface area contributed by atoms with Crippen molar-refractivity contribution in [1.82, 2.24) is 18.8 Å². The van der Waals surface area contributed by atoms with Gasteiger partial charge in [-0.3, -0.25) is 4.79 Å². The van der Waals surface area contributed by atoms with Gasteiger partial charge in [0.15, 0.2) is 5.03 Å². The molecular formula is C26H29N5O3S. The molecular weight excluding hydrogens is 462 g/mol. The number of aromatic amines is 1. The van der Waals surface area contributed by atoms with Crippen LogP contribution < -0.4 is 5.73 Å². The Bertz CT molecular complexity index is 1500. The van der Waals surface area contributed by atoms with Crippen molar-refractivity contribution in [2.75, 3.05) is 13.1 Å². The Labute approximate surface area is 204 Å². The molecule has 0 aliphatic carbocycles. The molecule has 4 aromatic rings. The van der Waals surface area contributed by atoms with E-state index in [1.807, 2.05) is 42.6 Å². The predicted molar refractivity (Wildman–Crippen MR) is 135 cm³/mol. The van der Waals surface area contributed by atoms with Crippen molar-refractivity contribution in [3.63, 3.8) is 0 Å². The van der Waals surface area contributed by atoms with Gasteiger partial charge in [0.2, 0.25) is 5.91 Å². The Balaban J connectivity index is 1.46. The number of nitrogens with two attached hydrogens (primary N) is 1. The molecule has 5 rings (SSSR count). The summed E-state index contributed by atoms with van der Waals surface area (Å²) in [6, 6.07) is 14.2. The van der Waals surface area contributed by atoms with Gasteiger partial charge in [0.25, 0.3) is 10.0 Å². The number of primary amides is 1. The minimum absolute atomic E-state index is 0.151. The molecule has 9 heteroatoms. The van der Waals surface area contributed by atoms with Crippen LogP contribution in [-0.4, -0.2) is 46.3 Å². The fourth-order valence-electron chi connectivity index (χ4n) is 5.05. The third kappa shape index (κ3) is 4.26. The van der Waals surface area contributed by atoms with Crippen molar-refractivity contribution >= 4 is 26.8 Å². The average Bonchev–Trinajstić information content (AvgIpc) is 3.43. The molecule has 0 saturated carbocycles. The zero-order chi connectivity index (χ0) is 24.7. The number of piperidine rings is 1. The summed E-state index contributed by atoms with van der Waals surface area (Å²) in [5, 5.41) is 1.29. The number of aryl methyl sites for hydroxylation is 1. The lowest BCUT2D eigenvalue weighted by Gasteiger charge is -2.31. The highest BCUT2D eigenvalue weighted by Crippen LogP contribution is 2.37. The molecule has 3 heterocycles. The fraction of sp³-hybridized carbons (Fsp3) is 0.308. The second-order valence-electron chi connectivity index (χ2n) is 9.19. The number of amides is 1. The molecule has 35 heavy (non-hydrogen) atoms. The number of sulfonamides is 1. The van der Waals surface area contributed by atoms with Crippen molar-refractivity contribution in [1.29, 1.82) is 0 Å². The maximum atomic E-state index is 13.2. The molecule has 3 N–H and O–H groups in total. The van der Waals surface area contributed by atoms with E-state index in [2.05, 4.69) is 16.0 Å². The van der Waals surface area contributed by atoms with Crippen LogP contribution in [0.15, 0.2) is 59.9 Å². The quantitative estimate of drug-likeness (QED) is 0.430. The number of rotatable bonds is 6. The van der Waals surface area contributed by atoms with Gasteiger partial charge in [-0.05, 0) is 60.1 Å². The van der Waals surface area contributed by atoms with Crippen LogP contribution in [0.4, 0.5) is 0 Å². The van der Waals surface area contributed by atoms with Crippen LogP contribution in [0.2, 0.25) is 0 Å². The van der Waals surface area contributed by atoms with Gasteiger partial charge in [-0.15, -0.1) is 0 Å². The maximum Gasteiger partial charge on any atom is 0.260 e. The van der Waals surface area contributed by atoms with Crippen LogP contribution in [0.1, 0.15) is 35.7 Å². The summed E-state index contributed by atoms with van der Waals surface area (Å²) in [5.74, 6) is 0.491. The van der Waals surface area contributed by atoms with E-state index in [9.17, 15) is 13.2 Å². The molecule has 0 spiro atoms. The molecule has 1 saturated heterocycles.